The maximum Gasteiger partial charge on any atom is 0.293 e. The molecule has 0 aliphatic rings. The van der Waals surface area contributed by atoms with Gasteiger partial charge in [-0.2, -0.15) is 0 Å². The summed E-state index contributed by atoms with van der Waals surface area (Å²) in [6, 6.07) is 0. The highest BCUT2D eigenvalue weighted by atomic mass is 35.7. The molecule has 0 unspecified atom stereocenters. The summed E-state index contributed by atoms with van der Waals surface area (Å²) < 4.78 is 39.2. The summed E-state index contributed by atoms with van der Waals surface area (Å²) in [7, 11) is 2.47. The molecule has 0 radical (unpaired) electrons. The van der Waals surface area contributed by atoms with Gasteiger partial charge in [-0.15, -0.1) is 0 Å². The maximum absolute atomic E-state index is 12.6. The first-order chi connectivity index (χ1) is 7.32. The zero-order valence-corrected chi connectivity index (χ0v) is 10.3. The number of carbonyl (C=O) groups is 1. The summed E-state index contributed by atoms with van der Waals surface area (Å²) in [6.07, 6.45) is 2.15. The Morgan fingerprint density at radius 1 is 1.56 bits per heavy atom. The molecule has 1 heterocycles. The Morgan fingerprint density at radius 3 is 2.25 bits per heavy atom. The molecule has 1 aromatic heterocycles. The Hall–Kier alpha value is -1.08. The van der Waals surface area contributed by atoms with Gasteiger partial charge in [-0.25, -0.2) is 12.8 Å². The third-order valence-corrected chi connectivity index (χ3v) is 2.70. The van der Waals surface area contributed by atoms with Gasteiger partial charge in [-0.1, -0.05) is 0 Å². The summed E-state index contributed by atoms with van der Waals surface area (Å²) in [4.78, 5) is 8.70. The summed E-state index contributed by atoms with van der Waals surface area (Å²) in [5, 5.41) is 0. The number of hydrogen-bond donors (Lipinski definition) is 0. The van der Waals surface area contributed by atoms with Crippen molar-refractivity contribution in [3.05, 3.63) is 18.2 Å². The van der Waals surface area contributed by atoms with Gasteiger partial charge < -0.3 is 9.30 Å². The highest BCUT2D eigenvalue weighted by Crippen LogP contribution is 2.18. The van der Waals surface area contributed by atoms with Crippen molar-refractivity contribution in [2.24, 2.45) is 7.05 Å². The molecule has 0 aliphatic heterocycles. The molecule has 1 rings (SSSR count). The van der Waals surface area contributed by atoms with E-state index < -0.39 is 19.8 Å². The van der Waals surface area contributed by atoms with Crippen LogP contribution in [0.1, 0.15) is 6.92 Å². The molecule has 0 saturated carbocycles. The first-order valence-corrected chi connectivity index (χ1v) is 6.45. The minimum absolute atomic E-state index is 0.431. The van der Waals surface area contributed by atoms with Crippen molar-refractivity contribution < 1.29 is 22.3 Å². The van der Waals surface area contributed by atoms with Crippen LogP contribution in [-0.4, -0.2) is 26.1 Å². The normalized spacial score (nSPS) is 10.2. The second kappa shape index (κ2) is 6.49. The largest absolute Gasteiger partial charge is 0.468 e. The average molecular weight is 272 g/mol. The molecule has 1 aromatic rings. The Balaban J connectivity index is 0.000000385. The van der Waals surface area contributed by atoms with E-state index in [0.717, 1.165) is 12.4 Å². The number of carbonyl (C=O) groups excluding carboxylic acids is 1. The fourth-order valence-corrected chi connectivity index (χ4v) is 1.69. The second-order valence-electron chi connectivity index (χ2n) is 2.63. The molecule has 5 nitrogen and oxygen atoms in total. The number of aromatic nitrogens is 1. The van der Waals surface area contributed by atoms with Crippen molar-refractivity contribution >= 4 is 26.2 Å². The number of halogens is 2. The summed E-state index contributed by atoms with van der Waals surface area (Å²) in [6.45, 7) is 2.66. The minimum atomic E-state index is -3.94. The van der Waals surface area contributed by atoms with Gasteiger partial charge in [-0.3, -0.25) is 4.79 Å². The van der Waals surface area contributed by atoms with Gasteiger partial charge in [0.1, 0.15) is 4.90 Å². The van der Waals surface area contributed by atoms with Crippen molar-refractivity contribution in [3.8, 4) is 0 Å². The molecule has 0 saturated heterocycles. The molecule has 0 spiro atoms. The molecule has 92 valence electrons. The van der Waals surface area contributed by atoms with Gasteiger partial charge in [0, 0.05) is 30.1 Å². The first kappa shape index (κ1) is 14.9. The van der Waals surface area contributed by atoms with Crippen molar-refractivity contribution in [1.29, 1.82) is 0 Å². The predicted octanol–water partition coefficient (Wildman–Crippen LogP) is 1.27. The van der Waals surface area contributed by atoms with Crippen molar-refractivity contribution in [1.82, 2.24) is 4.57 Å². The van der Waals surface area contributed by atoms with Crippen LogP contribution in [0.15, 0.2) is 17.3 Å². The molecule has 0 bridgehead atoms. The number of nitrogens with zero attached hydrogens (tertiary/aromatic N) is 1. The van der Waals surface area contributed by atoms with E-state index in [1.54, 1.807) is 6.92 Å². The molecule has 0 aliphatic carbocycles. The molecule has 0 amide bonds. The number of aryl methyl sites for hydroxylation is 1. The molecule has 0 atom stereocenters. The Bertz CT molecular complexity index is 443. The molecule has 0 aromatic carbocycles. The third kappa shape index (κ3) is 5.13. The lowest BCUT2D eigenvalue weighted by Crippen LogP contribution is -1.90. The zero-order chi connectivity index (χ0) is 12.8. The summed E-state index contributed by atoms with van der Waals surface area (Å²) in [5.74, 6) is -0.831. The highest BCUT2D eigenvalue weighted by molar-refractivity contribution is 8.13. The average Bonchev–Trinajstić information content (AvgIpc) is 2.47. The van der Waals surface area contributed by atoms with Crippen molar-refractivity contribution in [2.45, 2.75) is 11.8 Å². The molecular weight excluding hydrogens is 261 g/mol. The van der Waals surface area contributed by atoms with Crippen LogP contribution in [0.3, 0.4) is 0 Å². The lowest BCUT2D eigenvalue weighted by molar-refractivity contribution is -0.128. The van der Waals surface area contributed by atoms with Crippen LogP contribution in [0.5, 0.6) is 0 Å². The van der Waals surface area contributed by atoms with E-state index in [4.69, 9.17) is 10.7 Å². The van der Waals surface area contributed by atoms with E-state index in [-0.39, 0.29) is 0 Å². The third-order valence-electron chi connectivity index (χ3n) is 1.37. The highest BCUT2D eigenvalue weighted by Gasteiger charge is 2.17. The van der Waals surface area contributed by atoms with Gasteiger partial charge in [0.15, 0.2) is 5.82 Å². The van der Waals surface area contributed by atoms with Crippen LogP contribution < -0.4 is 0 Å². The minimum Gasteiger partial charge on any atom is -0.468 e. The lowest BCUT2D eigenvalue weighted by atomic mass is 10.6. The summed E-state index contributed by atoms with van der Waals surface area (Å²) in [5.41, 5.74) is 0. The lowest BCUT2D eigenvalue weighted by Gasteiger charge is -1.87. The Labute approximate surface area is 97.2 Å². The van der Waals surface area contributed by atoms with E-state index in [0.29, 0.717) is 13.1 Å². The fraction of sp³-hybridized carbons (Fsp3) is 0.375. The SMILES string of the molecule is CCOC=O.Cn1cc(F)c(S(=O)(=O)Cl)c1. The second-order valence-corrected chi connectivity index (χ2v) is 5.16. The van der Waals surface area contributed by atoms with Gasteiger partial charge in [-0.05, 0) is 6.92 Å². The van der Waals surface area contributed by atoms with Crippen LogP contribution in [0.2, 0.25) is 0 Å². The van der Waals surface area contributed by atoms with Crippen LogP contribution in [-0.2, 0) is 25.6 Å². The topological polar surface area (TPSA) is 65.4 Å². The molecule has 0 fully saturated rings. The monoisotopic (exact) mass is 271 g/mol. The number of hydrogen-bond acceptors (Lipinski definition) is 4. The first-order valence-electron chi connectivity index (χ1n) is 4.14. The van der Waals surface area contributed by atoms with Crippen LogP contribution in [0, 0.1) is 5.82 Å². The van der Waals surface area contributed by atoms with Crippen molar-refractivity contribution in [2.75, 3.05) is 6.61 Å². The van der Waals surface area contributed by atoms with Gasteiger partial charge in [0.25, 0.3) is 15.5 Å². The fourth-order valence-electron chi connectivity index (χ4n) is 0.774. The van der Waals surface area contributed by atoms with Crippen molar-refractivity contribution in [3.63, 3.8) is 0 Å². The van der Waals surface area contributed by atoms with E-state index >= 15 is 0 Å². The zero-order valence-electron chi connectivity index (χ0n) is 8.68. The standard InChI is InChI=1S/C5H5ClFNO2S.C3H6O2/c1-8-2-4(7)5(3-8)11(6,9)10;1-2-5-3-4/h2-3H,1H3;3H,2H2,1H3. The number of ether oxygens (including phenoxy) is 1. The Morgan fingerprint density at radius 2 is 2.12 bits per heavy atom. The number of rotatable bonds is 3. The van der Waals surface area contributed by atoms with Gasteiger partial charge >= 0.3 is 0 Å². The van der Waals surface area contributed by atoms with E-state index in [1.807, 2.05) is 0 Å². The van der Waals surface area contributed by atoms with Gasteiger partial charge in [0.2, 0.25) is 0 Å². The van der Waals surface area contributed by atoms with Crippen LogP contribution in [0.4, 0.5) is 4.39 Å². The predicted molar refractivity (Wildman–Crippen MR) is 56.1 cm³/mol. The van der Waals surface area contributed by atoms with E-state index in [2.05, 4.69) is 4.74 Å². The van der Waals surface area contributed by atoms with Crippen LogP contribution in [0.25, 0.3) is 0 Å². The van der Waals surface area contributed by atoms with Crippen LogP contribution >= 0.6 is 10.7 Å². The Kier molecular flexibility index (Phi) is 6.05. The van der Waals surface area contributed by atoms with E-state index in [1.165, 1.54) is 11.6 Å². The molecule has 0 N–H and O–H groups in total. The molecule has 8 heteroatoms. The maximum atomic E-state index is 12.6. The summed E-state index contributed by atoms with van der Waals surface area (Å²) >= 11 is 0. The van der Waals surface area contributed by atoms with E-state index in [9.17, 15) is 17.6 Å². The molecular formula is C8H11ClFNO4S. The smallest absolute Gasteiger partial charge is 0.293 e. The van der Waals surface area contributed by atoms with Gasteiger partial charge in [0.05, 0.1) is 6.61 Å². The molecule has 16 heavy (non-hydrogen) atoms. The quantitative estimate of drug-likeness (QED) is 0.613.